The van der Waals surface area contributed by atoms with Crippen molar-refractivity contribution < 1.29 is 4.79 Å². The van der Waals surface area contributed by atoms with E-state index in [-0.39, 0.29) is 5.91 Å². The van der Waals surface area contributed by atoms with Crippen LogP contribution >= 0.6 is 0 Å². The summed E-state index contributed by atoms with van der Waals surface area (Å²) in [5.74, 6) is 1.70. The fourth-order valence-electron chi connectivity index (χ4n) is 4.23. The molecule has 1 unspecified atom stereocenters. The van der Waals surface area contributed by atoms with E-state index in [0.29, 0.717) is 12.3 Å². The number of pyridine rings is 1. The van der Waals surface area contributed by atoms with Crippen molar-refractivity contribution in [3.8, 4) is 0 Å². The summed E-state index contributed by atoms with van der Waals surface area (Å²) in [5, 5.41) is 0. The monoisotopic (exact) mass is 376 g/mol. The second-order valence-corrected chi connectivity index (χ2v) is 7.65. The first-order valence-corrected chi connectivity index (χ1v) is 10.4. The molecule has 0 saturated carbocycles. The van der Waals surface area contributed by atoms with Crippen LogP contribution in [0.4, 0.5) is 0 Å². The zero-order valence-corrected chi connectivity index (χ0v) is 16.6. The maximum atomic E-state index is 12.8. The molecule has 1 saturated heterocycles. The van der Waals surface area contributed by atoms with Crippen LogP contribution in [0.3, 0.4) is 0 Å². The maximum absolute atomic E-state index is 12.8. The fraction of sp³-hybridized carbons (Fsp3) is 0.435. The van der Waals surface area contributed by atoms with E-state index in [4.69, 9.17) is 4.98 Å². The summed E-state index contributed by atoms with van der Waals surface area (Å²) in [6.45, 7) is 4.81. The number of nitrogens with zero attached hydrogens (tertiary/aromatic N) is 4. The Hall–Kier alpha value is -2.69. The zero-order chi connectivity index (χ0) is 19.3. The van der Waals surface area contributed by atoms with E-state index in [0.717, 1.165) is 62.2 Å². The number of imidazole rings is 1. The van der Waals surface area contributed by atoms with Crippen LogP contribution in [0.5, 0.6) is 0 Å². The lowest BCUT2D eigenvalue weighted by molar-refractivity contribution is -0.132. The van der Waals surface area contributed by atoms with Crippen LogP contribution in [-0.4, -0.2) is 38.4 Å². The normalized spacial score (nSPS) is 17.2. The molecular formula is C23H28N4O. The lowest BCUT2D eigenvalue weighted by atomic mass is 9.96. The Morgan fingerprint density at radius 3 is 2.93 bits per heavy atom. The highest BCUT2D eigenvalue weighted by atomic mass is 16.2. The van der Waals surface area contributed by atoms with Crippen LogP contribution in [0.15, 0.2) is 48.8 Å². The highest BCUT2D eigenvalue weighted by Crippen LogP contribution is 2.30. The summed E-state index contributed by atoms with van der Waals surface area (Å²) in [4.78, 5) is 23.9. The van der Waals surface area contributed by atoms with Crippen molar-refractivity contribution in [3.05, 3.63) is 60.2 Å². The number of piperidine rings is 1. The molecule has 0 aliphatic carbocycles. The molecule has 3 heterocycles. The molecule has 5 nitrogen and oxygen atoms in total. The van der Waals surface area contributed by atoms with Crippen LogP contribution in [0.1, 0.15) is 49.9 Å². The minimum atomic E-state index is 0.242. The summed E-state index contributed by atoms with van der Waals surface area (Å²) in [5.41, 5.74) is 3.39. The Bertz CT molecular complexity index is 934. The predicted molar refractivity (Wildman–Crippen MR) is 111 cm³/mol. The number of benzene rings is 1. The molecule has 0 spiro atoms. The lowest BCUT2D eigenvalue weighted by Gasteiger charge is -2.33. The van der Waals surface area contributed by atoms with Crippen LogP contribution in [0.2, 0.25) is 0 Å². The highest BCUT2D eigenvalue weighted by Gasteiger charge is 2.28. The van der Waals surface area contributed by atoms with E-state index < -0.39 is 0 Å². The van der Waals surface area contributed by atoms with Gasteiger partial charge in [0.05, 0.1) is 11.0 Å². The number of aromatic nitrogens is 3. The van der Waals surface area contributed by atoms with E-state index in [9.17, 15) is 4.79 Å². The molecule has 28 heavy (non-hydrogen) atoms. The number of likely N-dealkylation sites (tertiary alicyclic amines) is 1. The Morgan fingerprint density at radius 2 is 2.11 bits per heavy atom. The Morgan fingerprint density at radius 1 is 1.21 bits per heavy atom. The topological polar surface area (TPSA) is 51.0 Å². The molecule has 2 aromatic heterocycles. The third-order valence-corrected chi connectivity index (χ3v) is 5.62. The van der Waals surface area contributed by atoms with Gasteiger partial charge in [0.25, 0.3) is 0 Å². The van der Waals surface area contributed by atoms with Crippen molar-refractivity contribution in [2.75, 3.05) is 13.1 Å². The summed E-state index contributed by atoms with van der Waals surface area (Å²) < 4.78 is 2.36. The van der Waals surface area contributed by atoms with Crippen LogP contribution in [0, 0.1) is 0 Å². The van der Waals surface area contributed by atoms with Gasteiger partial charge in [0.15, 0.2) is 0 Å². The van der Waals surface area contributed by atoms with Gasteiger partial charge in [0.2, 0.25) is 5.91 Å². The Labute approximate surface area is 166 Å². The number of rotatable bonds is 6. The molecule has 0 radical (unpaired) electrons. The lowest BCUT2D eigenvalue weighted by Crippen LogP contribution is -2.39. The van der Waals surface area contributed by atoms with Crippen LogP contribution in [0.25, 0.3) is 11.0 Å². The first-order chi connectivity index (χ1) is 13.8. The number of hydrogen-bond donors (Lipinski definition) is 0. The number of fused-ring (bicyclic) bond motifs is 1. The van der Waals surface area contributed by atoms with Crippen LogP contribution in [-0.2, 0) is 17.8 Å². The summed E-state index contributed by atoms with van der Waals surface area (Å²) in [6, 6.07) is 12.3. The molecule has 0 bridgehead atoms. The van der Waals surface area contributed by atoms with E-state index in [1.54, 1.807) is 6.20 Å². The zero-order valence-electron chi connectivity index (χ0n) is 16.6. The number of hydrogen-bond acceptors (Lipinski definition) is 3. The average Bonchev–Trinajstić information content (AvgIpc) is 3.12. The molecule has 1 aromatic carbocycles. The molecule has 1 amide bonds. The van der Waals surface area contributed by atoms with Crippen molar-refractivity contribution >= 4 is 16.9 Å². The van der Waals surface area contributed by atoms with Gasteiger partial charge in [-0.25, -0.2) is 4.98 Å². The number of carbonyl (C=O) groups is 1. The highest BCUT2D eigenvalue weighted by molar-refractivity contribution is 5.77. The molecule has 0 N–H and O–H groups in total. The maximum Gasteiger partial charge on any atom is 0.222 e. The van der Waals surface area contributed by atoms with Gasteiger partial charge in [-0.15, -0.1) is 0 Å². The van der Waals surface area contributed by atoms with E-state index in [2.05, 4.69) is 34.7 Å². The standard InChI is InChI=1S/C23H28N4O/c1-2-14-27-21-10-4-3-9-20(21)25-23(27)19-8-6-15-26(17-19)22(28)12-11-18-7-5-13-24-16-18/h3-5,7,9-10,13,16,19H,2,6,8,11-12,14-15,17H2,1H3. The minimum absolute atomic E-state index is 0.242. The SMILES string of the molecule is CCCn1c(C2CCCN(C(=O)CCc3cccnc3)C2)nc2ccccc21. The van der Waals surface area contributed by atoms with Gasteiger partial charge in [0, 0.05) is 44.4 Å². The van der Waals surface area contributed by atoms with Gasteiger partial charge in [-0.05, 0) is 49.4 Å². The van der Waals surface area contributed by atoms with Crippen LogP contribution < -0.4 is 0 Å². The smallest absolute Gasteiger partial charge is 0.222 e. The average molecular weight is 377 g/mol. The number of aryl methyl sites for hydroxylation is 2. The van der Waals surface area contributed by atoms with Gasteiger partial charge in [-0.3, -0.25) is 9.78 Å². The summed E-state index contributed by atoms with van der Waals surface area (Å²) in [7, 11) is 0. The fourth-order valence-corrected chi connectivity index (χ4v) is 4.23. The molecule has 1 aliphatic heterocycles. The second kappa shape index (κ2) is 8.55. The van der Waals surface area contributed by atoms with E-state index in [1.807, 2.05) is 29.3 Å². The molecule has 5 heteroatoms. The minimum Gasteiger partial charge on any atom is -0.342 e. The van der Waals surface area contributed by atoms with Gasteiger partial charge < -0.3 is 9.47 Å². The van der Waals surface area contributed by atoms with Crippen molar-refractivity contribution in [3.63, 3.8) is 0 Å². The van der Waals surface area contributed by atoms with E-state index in [1.165, 1.54) is 5.52 Å². The number of para-hydroxylation sites is 2. The molecular weight excluding hydrogens is 348 g/mol. The first kappa shape index (κ1) is 18.7. The van der Waals surface area contributed by atoms with Gasteiger partial charge in [-0.2, -0.15) is 0 Å². The predicted octanol–water partition coefficient (Wildman–Crippen LogP) is 4.18. The first-order valence-electron chi connectivity index (χ1n) is 10.4. The largest absolute Gasteiger partial charge is 0.342 e. The second-order valence-electron chi connectivity index (χ2n) is 7.65. The van der Waals surface area contributed by atoms with Crippen molar-refractivity contribution in [1.29, 1.82) is 0 Å². The van der Waals surface area contributed by atoms with Crippen molar-refractivity contribution in [2.24, 2.45) is 0 Å². The molecule has 3 aromatic rings. The summed E-state index contributed by atoms with van der Waals surface area (Å²) in [6.07, 6.45) is 8.13. The van der Waals surface area contributed by atoms with Gasteiger partial charge >= 0.3 is 0 Å². The molecule has 1 aliphatic rings. The number of carbonyl (C=O) groups excluding carboxylic acids is 1. The Kier molecular flexibility index (Phi) is 5.70. The van der Waals surface area contributed by atoms with Gasteiger partial charge in [0.1, 0.15) is 5.82 Å². The van der Waals surface area contributed by atoms with Gasteiger partial charge in [-0.1, -0.05) is 25.1 Å². The third-order valence-electron chi connectivity index (χ3n) is 5.62. The van der Waals surface area contributed by atoms with E-state index >= 15 is 0 Å². The van der Waals surface area contributed by atoms with Crippen molar-refractivity contribution in [2.45, 2.75) is 51.5 Å². The quantitative estimate of drug-likeness (QED) is 0.648. The molecule has 146 valence electrons. The third kappa shape index (κ3) is 3.93. The molecule has 4 rings (SSSR count). The number of amides is 1. The summed E-state index contributed by atoms with van der Waals surface area (Å²) >= 11 is 0. The Balaban J connectivity index is 1.48. The van der Waals surface area contributed by atoms with Crippen molar-refractivity contribution in [1.82, 2.24) is 19.4 Å². The molecule has 1 atom stereocenters. The molecule has 1 fully saturated rings.